The fraction of sp³-hybridized carbons (Fsp3) is 0.548. The van der Waals surface area contributed by atoms with Crippen LogP contribution in [0.1, 0.15) is 37.6 Å². The number of para-hydroxylation sites is 1. The molecule has 0 bridgehead atoms. The molecule has 0 saturated carbocycles. The molecule has 2 fully saturated rings. The molecule has 3 aliphatic rings. The van der Waals surface area contributed by atoms with Crippen LogP contribution >= 0.6 is 0 Å². The minimum absolute atomic E-state index is 0.00740. The summed E-state index contributed by atoms with van der Waals surface area (Å²) in [5.74, 6) is 1.30. The van der Waals surface area contributed by atoms with Gasteiger partial charge in [0.15, 0.2) is 5.82 Å². The van der Waals surface area contributed by atoms with Crippen LogP contribution in [0.25, 0.3) is 11.3 Å². The summed E-state index contributed by atoms with van der Waals surface area (Å²) in [5, 5.41) is 40.1. The van der Waals surface area contributed by atoms with E-state index in [0.717, 1.165) is 69.4 Å². The van der Waals surface area contributed by atoms with Crippen LogP contribution in [0.4, 0.5) is 11.5 Å². The first kappa shape index (κ1) is 29.3. The molecule has 43 heavy (non-hydrogen) atoms. The first-order valence-electron chi connectivity index (χ1n) is 15.4. The van der Waals surface area contributed by atoms with Crippen LogP contribution in [-0.2, 0) is 11.2 Å². The third-order valence-electron chi connectivity index (χ3n) is 8.79. The molecule has 5 heterocycles. The maximum Gasteiger partial charge on any atom is 0.233 e. The van der Waals surface area contributed by atoms with Crippen molar-refractivity contribution in [1.82, 2.24) is 30.5 Å². The van der Waals surface area contributed by atoms with Crippen LogP contribution in [-0.4, -0.2) is 112 Å². The standard InChI is InChI=1S/C31H42N8O4/c1-20(2)29(31(42)38-11-8-23(40)19-38)28-15-21(36-43-28)7-9-32-10-12-37-13-14-39-22(18-37)17-33-30-26(39)16-25(34-35-30)24-5-3-4-6-27(24)41/h3-6,15-16,20,22-23,29,32,40-41H,7-14,17-19H2,1-2H3,(H,33,35)/t22-,23+,29?/m0/s1. The number of amides is 1. The van der Waals surface area contributed by atoms with Gasteiger partial charge >= 0.3 is 0 Å². The molecule has 3 aliphatic heterocycles. The van der Waals surface area contributed by atoms with Crippen LogP contribution in [0.2, 0.25) is 0 Å². The molecule has 1 unspecified atom stereocenters. The number of aliphatic hydroxyl groups is 1. The maximum atomic E-state index is 13.1. The van der Waals surface area contributed by atoms with Crippen molar-refractivity contribution >= 4 is 17.4 Å². The van der Waals surface area contributed by atoms with E-state index in [0.29, 0.717) is 42.6 Å². The Balaban J connectivity index is 0.965. The van der Waals surface area contributed by atoms with Crippen molar-refractivity contribution < 1.29 is 19.5 Å². The minimum atomic E-state index is -0.438. The number of aromatic nitrogens is 3. The molecular weight excluding hydrogens is 548 g/mol. The average Bonchev–Trinajstić information content (AvgIpc) is 3.65. The number of hydrogen-bond acceptors (Lipinski definition) is 11. The Hall–Kier alpha value is -3.74. The number of carbonyl (C=O) groups excluding carboxylic acids is 1. The molecule has 1 aromatic carbocycles. The number of anilines is 2. The van der Waals surface area contributed by atoms with Crippen LogP contribution in [0.5, 0.6) is 5.75 Å². The number of aromatic hydroxyl groups is 1. The topological polar surface area (TPSA) is 143 Å². The molecule has 4 N–H and O–H groups in total. The normalized spacial score (nSPS) is 21.0. The number of fused-ring (bicyclic) bond motifs is 3. The average molecular weight is 591 g/mol. The van der Waals surface area contributed by atoms with E-state index in [1.54, 1.807) is 17.0 Å². The van der Waals surface area contributed by atoms with Gasteiger partial charge in [-0.3, -0.25) is 9.69 Å². The van der Waals surface area contributed by atoms with Gasteiger partial charge in [-0.15, -0.1) is 10.2 Å². The van der Waals surface area contributed by atoms with E-state index in [1.165, 1.54) is 0 Å². The van der Waals surface area contributed by atoms with Gasteiger partial charge in [0.2, 0.25) is 5.91 Å². The van der Waals surface area contributed by atoms with Crippen molar-refractivity contribution in [3.8, 4) is 17.0 Å². The molecule has 1 amide bonds. The summed E-state index contributed by atoms with van der Waals surface area (Å²) in [5.41, 5.74) is 3.23. The highest BCUT2D eigenvalue weighted by Crippen LogP contribution is 2.36. The SMILES string of the molecule is CC(C)C(C(=O)N1CC[C@@H](O)C1)c1cc(CCNCCN2CCN3c4cc(-c5ccccc5O)nnc4NC[C@H]3C2)no1. The first-order valence-corrected chi connectivity index (χ1v) is 15.4. The summed E-state index contributed by atoms with van der Waals surface area (Å²) in [7, 11) is 0. The van der Waals surface area contributed by atoms with Gasteiger partial charge in [-0.25, -0.2) is 0 Å². The molecule has 0 aliphatic carbocycles. The number of piperazine rings is 1. The highest BCUT2D eigenvalue weighted by molar-refractivity contribution is 5.83. The zero-order chi connectivity index (χ0) is 29.9. The second-order valence-corrected chi connectivity index (χ2v) is 12.2. The Morgan fingerprint density at radius 3 is 2.79 bits per heavy atom. The zero-order valence-electron chi connectivity index (χ0n) is 24.9. The molecule has 2 saturated heterocycles. The fourth-order valence-corrected chi connectivity index (χ4v) is 6.42. The van der Waals surface area contributed by atoms with Crippen LogP contribution < -0.4 is 15.5 Å². The first-order chi connectivity index (χ1) is 20.9. The van der Waals surface area contributed by atoms with E-state index in [4.69, 9.17) is 4.52 Å². The van der Waals surface area contributed by atoms with Crippen molar-refractivity contribution in [2.45, 2.75) is 44.8 Å². The Bertz CT molecular complexity index is 1410. The van der Waals surface area contributed by atoms with Gasteiger partial charge in [-0.05, 0) is 30.5 Å². The van der Waals surface area contributed by atoms with Gasteiger partial charge in [0.25, 0.3) is 0 Å². The summed E-state index contributed by atoms with van der Waals surface area (Å²) in [4.78, 5) is 19.8. The maximum absolute atomic E-state index is 13.1. The second kappa shape index (κ2) is 12.9. The molecule has 6 rings (SSSR count). The number of carbonyl (C=O) groups is 1. The van der Waals surface area contributed by atoms with Crippen molar-refractivity contribution in [2.24, 2.45) is 5.92 Å². The summed E-state index contributed by atoms with van der Waals surface area (Å²) in [6.07, 6.45) is 0.914. The molecule has 0 radical (unpaired) electrons. The lowest BCUT2D eigenvalue weighted by molar-refractivity contribution is -0.133. The molecule has 3 atom stereocenters. The van der Waals surface area contributed by atoms with Gasteiger partial charge in [-0.1, -0.05) is 31.1 Å². The number of likely N-dealkylation sites (tertiary alicyclic amines) is 1. The highest BCUT2D eigenvalue weighted by Gasteiger charge is 2.35. The summed E-state index contributed by atoms with van der Waals surface area (Å²) < 4.78 is 5.63. The molecule has 230 valence electrons. The van der Waals surface area contributed by atoms with E-state index in [9.17, 15) is 15.0 Å². The third-order valence-corrected chi connectivity index (χ3v) is 8.79. The van der Waals surface area contributed by atoms with Gasteiger partial charge < -0.3 is 35.2 Å². The number of nitrogens with zero attached hydrogens (tertiary/aromatic N) is 6. The smallest absolute Gasteiger partial charge is 0.233 e. The van der Waals surface area contributed by atoms with Gasteiger partial charge in [0.1, 0.15) is 17.4 Å². The molecular formula is C31H42N8O4. The Kier molecular flexibility index (Phi) is 8.78. The summed E-state index contributed by atoms with van der Waals surface area (Å²) >= 11 is 0. The molecule has 12 heteroatoms. The van der Waals surface area contributed by atoms with Gasteiger partial charge in [0.05, 0.1) is 29.2 Å². The molecule has 2 aromatic heterocycles. The van der Waals surface area contributed by atoms with Crippen molar-refractivity contribution in [3.05, 3.63) is 47.9 Å². The molecule has 3 aromatic rings. The van der Waals surface area contributed by atoms with E-state index in [1.807, 2.05) is 38.1 Å². The Morgan fingerprint density at radius 2 is 2.00 bits per heavy atom. The van der Waals surface area contributed by atoms with Gasteiger partial charge in [0, 0.05) is 77.0 Å². The lowest BCUT2D eigenvalue weighted by atomic mass is 9.91. The number of β-amino-alcohol motifs (C(OH)–C–C–N with tert-alkyl or cyclic N) is 1. The molecule has 12 nitrogen and oxygen atoms in total. The van der Waals surface area contributed by atoms with Gasteiger partial charge in [-0.2, -0.15) is 0 Å². The summed E-state index contributed by atoms with van der Waals surface area (Å²) in [6.45, 7) is 11.2. The number of phenolic OH excluding ortho intramolecular Hbond substituents is 1. The van der Waals surface area contributed by atoms with Crippen LogP contribution in [0.15, 0.2) is 40.9 Å². The lowest BCUT2D eigenvalue weighted by Crippen LogP contribution is -2.58. The number of hydrogen-bond donors (Lipinski definition) is 4. The van der Waals surface area contributed by atoms with E-state index in [2.05, 4.69) is 35.8 Å². The predicted octanol–water partition coefficient (Wildman–Crippen LogP) is 1.92. The predicted molar refractivity (Wildman–Crippen MR) is 163 cm³/mol. The van der Waals surface area contributed by atoms with Crippen molar-refractivity contribution in [1.29, 1.82) is 0 Å². The Labute approximate surface area is 252 Å². The van der Waals surface area contributed by atoms with Crippen molar-refractivity contribution in [3.63, 3.8) is 0 Å². The Morgan fingerprint density at radius 1 is 1.14 bits per heavy atom. The lowest BCUT2D eigenvalue weighted by Gasteiger charge is -2.45. The number of aliphatic hydroxyl groups excluding tert-OH is 1. The zero-order valence-corrected chi connectivity index (χ0v) is 24.9. The van der Waals surface area contributed by atoms with E-state index >= 15 is 0 Å². The minimum Gasteiger partial charge on any atom is -0.507 e. The molecule has 0 spiro atoms. The number of phenols is 1. The highest BCUT2D eigenvalue weighted by atomic mass is 16.5. The van der Waals surface area contributed by atoms with Crippen LogP contribution in [0, 0.1) is 5.92 Å². The van der Waals surface area contributed by atoms with Crippen molar-refractivity contribution in [2.75, 3.05) is 69.1 Å². The number of nitrogens with one attached hydrogen (secondary N) is 2. The second-order valence-electron chi connectivity index (χ2n) is 12.2. The van der Waals surface area contributed by atoms with E-state index < -0.39 is 6.10 Å². The fourth-order valence-electron chi connectivity index (χ4n) is 6.42. The third kappa shape index (κ3) is 6.46. The number of rotatable bonds is 10. The van der Waals surface area contributed by atoms with Crippen LogP contribution in [0.3, 0.4) is 0 Å². The quantitative estimate of drug-likeness (QED) is 0.257. The summed E-state index contributed by atoms with van der Waals surface area (Å²) in [6, 6.07) is 11.5. The largest absolute Gasteiger partial charge is 0.507 e. The number of benzene rings is 1. The monoisotopic (exact) mass is 590 g/mol. The van der Waals surface area contributed by atoms with E-state index in [-0.39, 0.29) is 23.5 Å².